The number of anilines is 3. The number of carbonyl (C=O) groups is 2. The van der Waals surface area contributed by atoms with Gasteiger partial charge in [0.05, 0.1) is 24.2 Å². The molecule has 2 bridgehead atoms. The van der Waals surface area contributed by atoms with Crippen LogP contribution in [0, 0.1) is 17.6 Å². The molecule has 3 aliphatic rings. The number of hydrogen-bond acceptors (Lipinski definition) is 6. The molecule has 2 atom stereocenters. The summed E-state index contributed by atoms with van der Waals surface area (Å²) in [5, 5.41) is 2.73. The quantitative estimate of drug-likeness (QED) is 0.321. The van der Waals surface area contributed by atoms with Gasteiger partial charge in [0.15, 0.2) is 0 Å². The van der Waals surface area contributed by atoms with Crippen molar-refractivity contribution in [3.63, 3.8) is 0 Å². The molecule has 47 heavy (non-hydrogen) atoms. The number of nitrogens with one attached hydrogen (secondary N) is 1. The Labute approximate surface area is 271 Å². The summed E-state index contributed by atoms with van der Waals surface area (Å²) in [6.45, 7) is 3.97. The minimum absolute atomic E-state index is 0.0166. The van der Waals surface area contributed by atoms with Crippen molar-refractivity contribution in [2.24, 2.45) is 5.92 Å². The van der Waals surface area contributed by atoms with E-state index >= 15 is 0 Å². The average molecular weight is 640 g/mol. The van der Waals surface area contributed by atoms with Gasteiger partial charge in [-0.1, -0.05) is 24.3 Å². The maximum Gasteiger partial charge on any atom is 0.261 e. The van der Waals surface area contributed by atoms with Crippen LogP contribution in [0.3, 0.4) is 0 Å². The lowest BCUT2D eigenvalue weighted by molar-refractivity contribution is 0.0746. The molecule has 7 rings (SSSR count). The molecule has 0 aliphatic carbocycles. The Morgan fingerprint density at radius 1 is 0.809 bits per heavy atom. The standard InChI is InChI=1S/C36H35F2N5O4/c1-47-32-10-3-2-8-31(32)40-14-16-41(17-15-40)36(46)24-12-13-30(28(19-24)39-35(45)34-26(37)6-4-7-27(34)38)42-20-23-18-25(22-42)29-9-5-11-33(44)43(29)21-23/h2-13,19,23,25H,14-18,20-22H2,1H3,(H,39,45). The Hall–Kier alpha value is -5.19. The van der Waals surface area contributed by atoms with Crippen LogP contribution in [-0.2, 0) is 6.54 Å². The van der Waals surface area contributed by atoms with Gasteiger partial charge in [-0.25, -0.2) is 8.78 Å². The maximum absolute atomic E-state index is 14.6. The Kier molecular flexibility index (Phi) is 8.13. The fraction of sp³-hybridized carbons (Fsp3) is 0.306. The number of para-hydroxylation sites is 2. The normalized spacial score (nSPS) is 18.8. The van der Waals surface area contributed by atoms with Gasteiger partial charge < -0.3 is 29.3 Å². The summed E-state index contributed by atoms with van der Waals surface area (Å²) < 4.78 is 36.6. The number of benzene rings is 3. The lowest BCUT2D eigenvalue weighted by Gasteiger charge is -2.44. The summed E-state index contributed by atoms with van der Waals surface area (Å²) in [5.74, 6) is -2.04. The summed E-state index contributed by atoms with van der Waals surface area (Å²) in [4.78, 5) is 45.8. The first kappa shape index (κ1) is 30.5. The van der Waals surface area contributed by atoms with Crippen LogP contribution in [0.15, 0.2) is 83.7 Å². The Morgan fingerprint density at radius 3 is 2.32 bits per heavy atom. The fourth-order valence-electron chi connectivity index (χ4n) is 7.26. The molecule has 2 fully saturated rings. The first-order valence-electron chi connectivity index (χ1n) is 15.8. The molecule has 0 radical (unpaired) electrons. The third kappa shape index (κ3) is 5.82. The number of rotatable bonds is 6. The largest absolute Gasteiger partial charge is 0.495 e. The van der Waals surface area contributed by atoms with Crippen LogP contribution in [0.25, 0.3) is 0 Å². The predicted molar refractivity (Wildman–Crippen MR) is 176 cm³/mol. The van der Waals surface area contributed by atoms with Crippen molar-refractivity contribution in [1.82, 2.24) is 9.47 Å². The number of fused-ring (bicyclic) bond motifs is 4. The fourth-order valence-corrected chi connectivity index (χ4v) is 7.26. The van der Waals surface area contributed by atoms with Gasteiger partial charge >= 0.3 is 0 Å². The molecule has 4 aromatic rings. The molecule has 11 heteroatoms. The van der Waals surface area contributed by atoms with E-state index in [1.54, 1.807) is 42.3 Å². The second-order valence-corrected chi connectivity index (χ2v) is 12.3. The van der Waals surface area contributed by atoms with E-state index in [4.69, 9.17) is 4.74 Å². The van der Waals surface area contributed by atoms with Gasteiger partial charge in [-0.2, -0.15) is 0 Å². The van der Waals surface area contributed by atoms with Gasteiger partial charge in [-0.15, -0.1) is 0 Å². The lowest BCUT2D eigenvalue weighted by atomic mass is 9.83. The molecule has 4 heterocycles. The summed E-state index contributed by atoms with van der Waals surface area (Å²) in [5.41, 5.74) is 2.53. The molecule has 2 amide bonds. The smallest absolute Gasteiger partial charge is 0.261 e. The number of piperidine rings is 1. The highest BCUT2D eigenvalue weighted by molar-refractivity contribution is 6.07. The van der Waals surface area contributed by atoms with Crippen molar-refractivity contribution in [3.05, 3.63) is 118 Å². The summed E-state index contributed by atoms with van der Waals surface area (Å²) in [6, 6.07) is 21.5. The van der Waals surface area contributed by atoms with Gasteiger partial charge in [0.1, 0.15) is 22.9 Å². The molecule has 2 unspecified atom stereocenters. The zero-order chi connectivity index (χ0) is 32.7. The third-order valence-corrected chi connectivity index (χ3v) is 9.49. The highest BCUT2D eigenvalue weighted by Gasteiger charge is 2.36. The number of nitrogens with zero attached hydrogens (tertiary/aromatic N) is 4. The van der Waals surface area contributed by atoms with Crippen molar-refractivity contribution in [2.45, 2.75) is 18.9 Å². The number of ether oxygens (including phenoxy) is 1. The Balaban J connectivity index is 1.17. The average Bonchev–Trinajstić information content (AvgIpc) is 3.08. The number of hydrogen-bond donors (Lipinski definition) is 1. The summed E-state index contributed by atoms with van der Waals surface area (Å²) in [6.07, 6.45) is 0.930. The van der Waals surface area contributed by atoms with Gasteiger partial charge in [0.2, 0.25) is 0 Å². The second-order valence-electron chi connectivity index (χ2n) is 12.3. The van der Waals surface area contributed by atoms with E-state index in [1.807, 2.05) is 34.9 Å². The van der Waals surface area contributed by atoms with Crippen molar-refractivity contribution >= 4 is 28.9 Å². The molecule has 3 aromatic carbocycles. The highest BCUT2D eigenvalue weighted by atomic mass is 19.1. The topological polar surface area (TPSA) is 87.1 Å². The maximum atomic E-state index is 14.6. The van der Waals surface area contributed by atoms with Crippen LogP contribution in [0.4, 0.5) is 25.8 Å². The number of methoxy groups -OCH3 is 1. The number of pyridine rings is 1. The van der Waals surface area contributed by atoms with Crippen molar-refractivity contribution in [3.8, 4) is 5.75 Å². The molecule has 2 saturated heterocycles. The van der Waals surface area contributed by atoms with Crippen molar-refractivity contribution in [2.75, 3.05) is 61.5 Å². The molecule has 9 nitrogen and oxygen atoms in total. The predicted octanol–water partition coefficient (Wildman–Crippen LogP) is 4.97. The van der Waals surface area contributed by atoms with Crippen molar-refractivity contribution in [1.29, 1.82) is 0 Å². The van der Waals surface area contributed by atoms with Crippen LogP contribution in [0.5, 0.6) is 5.75 Å². The SMILES string of the molecule is COc1ccccc1N1CCN(C(=O)c2ccc(N3CC4CC(C3)c3cccc(=O)n3C4)c(NC(=O)c3c(F)cccc3F)c2)CC1. The molecule has 0 spiro atoms. The van der Waals surface area contributed by atoms with Gasteiger partial charge in [-0.05, 0) is 60.9 Å². The zero-order valence-corrected chi connectivity index (χ0v) is 26.0. The van der Waals surface area contributed by atoms with E-state index in [1.165, 1.54) is 6.07 Å². The molecular formula is C36H35F2N5O4. The minimum Gasteiger partial charge on any atom is -0.495 e. The van der Waals surface area contributed by atoms with Crippen LogP contribution in [0.1, 0.15) is 38.7 Å². The number of halogens is 2. The number of aromatic nitrogens is 1. The molecular weight excluding hydrogens is 604 g/mol. The van der Waals surface area contributed by atoms with E-state index in [0.717, 1.165) is 35.7 Å². The van der Waals surface area contributed by atoms with Crippen LogP contribution >= 0.6 is 0 Å². The van der Waals surface area contributed by atoms with Gasteiger partial charge in [0, 0.05) is 69.1 Å². The first-order valence-corrected chi connectivity index (χ1v) is 15.8. The second kappa shape index (κ2) is 12.5. The molecule has 1 N–H and O–H groups in total. The van der Waals surface area contributed by atoms with Gasteiger partial charge in [-0.3, -0.25) is 14.4 Å². The van der Waals surface area contributed by atoms with E-state index in [9.17, 15) is 23.2 Å². The van der Waals surface area contributed by atoms with Crippen LogP contribution in [0.2, 0.25) is 0 Å². The van der Waals surface area contributed by atoms with E-state index < -0.39 is 23.1 Å². The number of carbonyl (C=O) groups excluding carboxylic acids is 2. The molecule has 0 saturated carbocycles. The van der Waals surface area contributed by atoms with Crippen LogP contribution in [-0.4, -0.2) is 67.7 Å². The number of piperazine rings is 1. The molecule has 242 valence electrons. The monoisotopic (exact) mass is 639 g/mol. The minimum atomic E-state index is -0.973. The van der Waals surface area contributed by atoms with E-state index in [-0.39, 0.29) is 23.3 Å². The zero-order valence-electron chi connectivity index (χ0n) is 26.0. The third-order valence-electron chi connectivity index (χ3n) is 9.49. The Morgan fingerprint density at radius 2 is 1.55 bits per heavy atom. The molecule has 1 aromatic heterocycles. The van der Waals surface area contributed by atoms with Crippen molar-refractivity contribution < 1.29 is 23.1 Å². The highest BCUT2D eigenvalue weighted by Crippen LogP contribution is 2.40. The van der Waals surface area contributed by atoms with E-state index in [2.05, 4.69) is 15.1 Å². The lowest BCUT2D eigenvalue weighted by Crippen LogP contribution is -2.49. The molecule has 3 aliphatic heterocycles. The first-order chi connectivity index (χ1) is 22.8. The summed E-state index contributed by atoms with van der Waals surface area (Å²) >= 11 is 0. The number of amides is 2. The summed E-state index contributed by atoms with van der Waals surface area (Å²) in [7, 11) is 1.63. The Bertz CT molecular complexity index is 1880. The van der Waals surface area contributed by atoms with Gasteiger partial charge in [0.25, 0.3) is 17.4 Å². The van der Waals surface area contributed by atoms with E-state index in [0.29, 0.717) is 62.8 Å². The van der Waals surface area contributed by atoms with Crippen LogP contribution < -0.4 is 25.4 Å².